The van der Waals surface area contributed by atoms with Gasteiger partial charge in [0.05, 0.1) is 5.56 Å². The highest BCUT2D eigenvalue weighted by Crippen LogP contribution is 2.32. The number of hydrogen-bond acceptors (Lipinski definition) is 4. The summed E-state index contributed by atoms with van der Waals surface area (Å²) in [5, 5.41) is 0. The van der Waals surface area contributed by atoms with E-state index in [-0.39, 0.29) is 5.56 Å². The van der Waals surface area contributed by atoms with Gasteiger partial charge in [-0.05, 0) is 31.5 Å². The molecular weight excluding hydrogens is 357 g/mol. The summed E-state index contributed by atoms with van der Waals surface area (Å²) in [4.78, 5) is 23.5. The highest BCUT2D eigenvalue weighted by molar-refractivity contribution is 5.51. The second-order valence-electron chi connectivity index (χ2n) is 6.73. The summed E-state index contributed by atoms with van der Waals surface area (Å²) < 4.78 is 38.7. The van der Waals surface area contributed by atoms with Crippen molar-refractivity contribution < 1.29 is 13.2 Å². The fourth-order valence-corrected chi connectivity index (χ4v) is 3.35. The SMILES string of the molecule is CCCc1c(C)nc(N2CCN(c3cccc(C(F)(F)F)c3)CC2)[nH]c1=O. The van der Waals surface area contributed by atoms with Crippen LogP contribution in [0.25, 0.3) is 0 Å². The van der Waals surface area contributed by atoms with Crippen LogP contribution >= 0.6 is 0 Å². The average molecular weight is 380 g/mol. The van der Waals surface area contributed by atoms with Gasteiger partial charge < -0.3 is 9.80 Å². The zero-order valence-electron chi connectivity index (χ0n) is 15.4. The van der Waals surface area contributed by atoms with E-state index in [9.17, 15) is 18.0 Å². The Morgan fingerprint density at radius 3 is 2.41 bits per heavy atom. The molecule has 0 aliphatic carbocycles. The lowest BCUT2D eigenvalue weighted by Gasteiger charge is -2.36. The van der Waals surface area contributed by atoms with Crippen molar-refractivity contribution in [3.63, 3.8) is 0 Å². The van der Waals surface area contributed by atoms with Crippen LogP contribution in [-0.2, 0) is 12.6 Å². The predicted octanol–water partition coefficient (Wildman–Crippen LogP) is 3.38. The first-order chi connectivity index (χ1) is 12.8. The second-order valence-corrected chi connectivity index (χ2v) is 6.73. The number of anilines is 2. The molecule has 5 nitrogen and oxygen atoms in total. The van der Waals surface area contributed by atoms with E-state index in [0.29, 0.717) is 49.8 Å². The van der Waals surface area contributed by atoms with Crippen molar-refractivity contribution in [1.82, 2.24) is 9.97 Å². The second kappa shape index (κ2) is 7.62. The number of nitrogens with zero attached hydrogens (tertiary/aromatic N) is 3. The molecule has 27 heavy (non-hydrogen) atoms. The van der Waals surface area contributed by atoms with Gasteiger partial charge in [0.1, 0.15) is 0 Å². The Kier molecular flexibility index (Phi) is 5.43. The molecule has 2 heterocycles. The summed E-state index contributed by atoms with van der Waals surface area (Å²) in [5.74, 6) is 0.529. The lowest BCUT2D eigenvalue weighted by molar-refractivity contribution is -0.137. The van der Waals surface area contributed by atoms with Crippen molar-refractivity contribution in [1.29, 1.82) is 0 Å². The average Bonchev–Trinajstić information content (AvgIpc) is 2.64. The predicted molar refractivity (Wildman–Crippen MR) is 99.5 cm³/mol. The first-order valence-electron chi connectivity index (χ1n) is 9.06. The number of hydrogen-bond donors (Lipinski definition) is 1. The van der Waals surface area contributed by atoms with Crippen molar-refractivity contribution in [2.24, 2.45) is 0 Å². The van der Waals surface area contributed by atoms with Crippen LogP contribution in [0.4, 0.5) is 24.8 Å². The molecule has 8 heteroatoms. The van der Waals surface area contributed by atoms with E-state index in [1.807, 2.05) is 23.6 Å². The van der Waals surface area contributed by atoms with Gasteiger partial charge in [-0.3, -0.25) is 9.78 Å². The Balaban J connectivity index is 1.72. The smallest absolute Gasteiger partial charge is 0.368 e. The molecule has 0 radical (unpaired) electrons. The summed E-state index contributed by atoms with van der Waals surface area (Å²) in [6, 6.07) is 5.38. The minimum Gasteiger partial charge on any atom is -0.368 e. The van der Waals surface area contributed by atoms with E-state index in [2.05, 4.69) is 9.97 Å². The summed E-state index contributed by atoms with van der Waals surface area (Å²) in [6.45, 7) is 6.11. The number of benzene rings is 1. The molecule has 0 unspecified atom stereocenters. The largest absolute Gasteiger partial charge is 0.416 e. The Bertz CT molecular complexity index is 855. The van der Waals surface area contributed by atoms with E-state index in [1.54, 1.807) is 6.07 Å². The number of rotatable bonds is 4. The Morgan fingerprint density at radius 1 is 1.15 bits per heavy atom. The molecule has 3 rings (SSSR count). The summed E-state index contributed by atoms with van der Waals surface area (Å²) >= 11 is 0. The topological polar surface area (TPSA) is 52.2 Å². The fourth-order valence-electron chi connectivity index (χ4n) is 3.35. The molecule has 0 spiro atoms. The van der Waals surface area contributed by atoms with Gasteiger partial charge >= 0.3 is 6.18 Å². The molecule has 1 fully saturated rings. The van der Waals surface area contributed by atoms with E-state index < -0.39 is 11.7 Å². The monoisotopic (exact) mass is 380 g/mol. The van der Waals surface area contributed by atoms with Crippen LogP contribution in [0.3, 0.4) is 0 Å². The van der Waals surface area contributed by atoms with Gasteiger partial charge in [-0.1, -0.05) is 19.4 Å². The van der Waals surface area contributed by atoms with Crippen LogP contribution in [0.1, 0.15) is 30.2 Å². The van der Waals surface area contributed by atoms with Gasteiger partial charge in [0.2, 0.25) is 5.95 Å². The van der Waals surface area contributed by atoms with Gasteiger partial charge in [-0.15, -0.1) is 0 Å². The van der Waals surface area contributed by atoms with Crippen molar-refractivity contribution in [3.8, 4) is 0 Å². The van der Waals surface area contributed by atoms with Gasteiger partial charge in [0.15, 0.2) is 0 Å². The van der Waals surface area contributed by atoms with E-state index >= 15 is 0 Å². The molecule has 146 valence electrons. The number of H-pyrrole nitrogens is 1. The molecular formula is C19H23F3N4O. The molecule has 0 atom stereocenters. The number of aryl methyl sites for hydroxylation is 1. The van der Waals surface area contributed by atoms with Crippen LogP contribution in [0, 0.1) is 6.92 Å². The maximum absolute atomic E-state index is 12.9. The summed E-state index contributed by atoms with van der Waals surface area (Å²) in [5.41, 5.74) is 1.25. The molecule has 1 aromatic carbocycles. The van der Waals surface area contributed by atoms with Gasteiger partial charge in [-0.25, -0.2) is 4.98 Å². The normalized spacial score (nSPS) is 15.3. The molecule has 1 aromatic heterocycles. The van der Waals surface area contributed by atoms with Crippen LogP contribution in [0.2, 0.25) is 0 Å². The number of halogens is 3. The molecule has 0 bridgehead atoms. The lowest BCUT2D eigenvalue weighted by Crippen LogP contribution is -2.47. The van der Waals surface area contributed by atoms with E-state index in [4.69, 9.17) is 0 Å². The first kappa shape index (κ1) is 19.3. The highest BCUT2D eigenvalue weighted by atomic mass is 19.4. The van der Waals surface area contributed by atoms with Gasteiger partial charge in [-0.2, -0.15) is 13.2 Å². The van der Waals surface area contributed by atoms with Crippen LogP contribution in [0.5, 0.6) is 0 Å². The van der Waals surface area contributed by atoms with Crippen molar-refractivity contribution in [2.75, 3.05) is 36.0 Å². The third-order valence-electron chi connectivity index (χ3n) is 4.83. The first-order valence-corrected chi connectivity index (χ1v) is 9.06. The van der Waals surface area contributed by atoms with Gasteiger partial charge in [0.25, 0.3) is 5.56 Å². The van der Waals surface area contributed by atoms with E-state index in [0.717, 1.165) is 18.2 Å². The Hall–Kier alpha value is -2.51. The maximum Gasteiger partial charge on any atom is 0.416 e. The molecule has 0 saturated carbocycles. The standard InChI is InChI=1S/C19H23F3N4O/c1-3-5-16-13(2)23-18(24-17(16)27)26-10-8-25(9-11-26)15-7-4-6-14(12-15)19(20,21)22/h4,6-7,12H,3,5,8-11H2,1-2H3,(H,23,24,27). The molecule has 1 saturated heterocycles. The fraction of sp³-hybridized carbons (Fsp3) is 0.474. The van der Waals surface area contributed by atoms with Crippen LogP contribution < -0.4 is 15.4 Å². The molecule has 0 amide bonds. The van der Waals surface area contributed by atoms with Crippen molar-refractivity contribution >= 4 is 11.6 Å². The zero-order valence-corrected chi connectivity index (χ0v) is 15.4. The summed E-state index contributed by atoms with van der Waals surface area (Å²) in [6.07, 6.45) is -2.78. The van der Waals surface area contributed by atoms with Gasteiger partial charge in [0, 0.05) is 43.1 Å². The zero-order chi connectivity index (χ0) is 19.6. The molecule has 2 aromatic rings. The van der Waals surface area contributed by atoms with E-state index in [1.165, 1.54) is 12.1 Å². The third kappa shape index (κ3) is 4.26. The number of piperazine rings is 1. The van der Waals surface area contributed by atoms with Crippen LogP contribution in [-0.4, -0.2) is 36.1 Å². The Labute approximate surface area is 155 Å². The highest BCUT2D eigenvalue weighted by Gasteiger charge is 2.31. The minimum atomic E-state index is -4.35. The molecule has 1 aliphatic rings. The maximum atomic E-state index is 12.9. The molecule has 1 N–H and O–H groups in total. The number of alkyl halides is 3. The number of nitrogens with one attached hydrogen (secondary N) is 1. The number of aromatic amines is 1. The molecule has 1 aliphatic heterocycles. The lowest BCUT2D eigenvalue weighted by atomic mass is 10.1. The quantitative estimate of drug-likeness (QED) is 0.884. The number of aromatic nitrogens is 2. The minimum absolute atomic E-state index is 0.111. The Morgan fingerprint density at radius 2 is 1.81 bits per heavy atom. The summed E-state index contributed by atoms with van der Waals surface area (Å²) in [7, 11) is 0. The van der Waals surface area contributed by atoms with Crippen LogP contribution in [0.15, 0.2) is 29.1 Å². The van der Waals surface area contributed by atoms with Crippen molar-refractivity contribution in [2.45, 2.75) is 32.9 Å². The third-order valence-corrected chi connectivity index (χ3v) is 4.83. The van der Waals surface area contributed by atoms with Crippen molar-refractivity contribution in [3.05, 3.63) is 51.4 Å².